The zero-order chi connectivity index (χ0) is 10.7. The Bertz CT molecular complexity index is 366. The van der Waals surface area contributed by atoms with E-state index in [2.05, 4.69) is 36.6 Å². The van der Waals surface area contributed by atoms with Crippen molar-refractivity contribution in [3.63, 3.8) is 0 Å². The summed E-state index contributed by atoms with van der Waals surface area (Å²) in [5.74, 6) is -0.294. The van der Waals surface area contributed by atoms with Crippen LogP contribution in [0.3, 0.4) is 0 Å². The summed E-state index contributed by atoms with van der Waals surface area (Å²) in [5.41, 5.74) is 7.09. The fourth-order valence-corrected chi connectivity index (χ4v) is 2.22. The quantitative estimate of drug-likeness (QED) is 0.672. The molecule has 0 spiro atoms. The maximum absolute atomic E-state index is 11.1. The van der Waals surface area contributed by atoms with Crippen LogP contribution in [0.15, 0.2) is 21.1 Å². The van der Waals surface area contributed by atoms with E-state index in [1.165, 1.54) is 7.11 Å². The minimum absolute atomic E-state index is 0.197. The number of hydrogen-bond acceptors (Lipinski definition) is 3. The lowest BCUT2D eigenvalue weighted by atomic mass is 10.1. The first-order chi connectivity index (χ1) is 6.56. The number of ether oxygens (including phenoxy) is 1. The van der Waals surface area contributed by atoms with E-state index in [-0.39, 0.29) is 12.4 Å². The monoisotopic (exact) mass is 321 g/mol. The molecule has 0 amide bonds. The second kappa shape index (κ2) is 4.79. The van der Waals surface area contributed by atoms with E-state index in [4.69, 9.17) is 5.73 Å². The van der Waals surface area contributed by atoms with E-state index in [0.717, 1.165) is 14.5 Å². The molecule has 3 nitrogen and oxygen atoms in total. The van der Waals surface area contributed by atoms with Crippen molar-refractivity contribution in [3.05, 3.63) is 26.6 Å². The average Bonchev–Trinajstić information content (AvgIpc) is 2.18. The van der Waals surface area contributed by atoms with Gasteiger partial charge in [0.2, 0.25) is 0 Å². The molecule has 1 aromatic carbocycles. The van der Waals surface area contributed by atoms with Crippen LogP contribution in [0.4, 0.5) is 5.69 Å². The Balaban J connectivity index is 3.06. The normalized spacial score (nSPS) is 9.93. The number of esters is 1. The van der Waals surface area contributed by atoms with Crippen molar-refractivity contribution in [1.82, 2.24) is 0 Å². The molecular weight excluding hydrogens is 314 g/mol. The fraction of sp³-hybridized carbons (Fsp3) is 0.222. The summed E-state index contributed by atoms with van der Waals surface area (Å²) in [7, 11) is 1.36. The molecule has 0 bridgehead atoms. The summed E-state index contributed by atoms with van der Waals surface area (Å²) >= 11 is 6.67. The number of methoxy groups -OCH3 is 1. The Morgan fingerprint density at radius 3 is 2.71 bits per heavy atom. The zero-order valence-corrected chi connectivity index (χ0v) is 10.7. The summed E-state index contributed by atoms with van der Waals surface area (Å²) in [6.45, 7) is 0. The first kappa shape index (κ1) is 11.5. The van der Waals surface area contributed by atoms with E-state index in [1.807, 2.05) is 0 Å². The van der Waals surface area contributed by atoms with E-state index in [1.54, 1.807) is 12.1 Å². The summed E-state index contributed by atoms with van der Waals surface area (Å²) < 4.78 is 6.15. The van der Waals surface area contributed by atoms with Gasteiger partial charge in [0.15, 0.2) is 0 Å². The average molecular weight is 323 g/mol. The van der Waals surface area contributed by atoms with Gasteiger partial charge in [-0.2, -0.15) is 0 Å². The van der Waals surface area contributed by atoms with E-state index in [0.29, 0.717) is 5.69 Å². The highest BCUT2D eigenvalue weighted by Gasteiger charge is 2.12. The second-order valence-electron chi connectivity index (χ2n) is 2.68. The highest BCUT2D eigenvalue weighted by atomic mass is 79.9. The fourth-order valence-electron chi connectivity index (χ4n) is 0.994. The number of nitrogens with two attached hydrogens (primary N) is 1. The first-order valence-electron chi connectivity index (χ1n) is 3.85. The third-order valence-corrected chi connectivity index (χ3v) is 3.44. The highest BCUT2D eigenvalue weighted by molar-refractivity contribution is 9.11. The lowest BCUT2D eigenvalue weighted by Crippen LogP contribution is -2.06. The Labute approximate surface area is 98.9 Å². The molecule has 0 aliphatic carbocycles. The third kappa shape index (κ3) is 2.48. The van der Waals surface area contributed by atoms with Gasteiger partial charge in [0.1, 0.15) is 0 Å². The van der Waals surface area contributed by atoms with Gasteiger partial charge in [0.25, 0.3) is 0 Å². The van der Waals surface area contributed by atoms with Gasteiger partial charge in [-0.15, -0.1) is 0 Å². The summed E-state index contributed by atoms with van der Waals surface area (Å²) in [5, 5.41) is 0. The summed E-state index contributed by atoms with van der Waals surface area (Å²) in [4.78, 5) is 11.1. The van der Waals surface area contributed by atoms with Crippen LogP contribution in [0.5, 0.6) is 0 Å². The van der Waals surface area contributed by atoms with Crippen LogP contribution in [0.25, 0.3) is 0 Å². The maximum atomic E-state index is 11.1. The van der Waals surface area contributed by atoms with Crippen molar-refractivity contribution in [2.24, 2.45) is 0 Å². The van der Waals surface area contributed by atoms with Crippen molar-refractivity contribution < 1.29 is 9.53 Å². The number of carbonyl (C=O) groups is 1. The zero-order valence-electron chi connectivity index (χ0n) is 7.51. The lowest BCUT2D eigenvalue weighted by molar-refractivity contribution is -0.139. The van der Waals surface area contributed by atoms with Gasteiger partial charge in [-0.25, -0.2) is 0 Å². The minimum Gasteiger partial charge on any atom is -0.469 e. The van der Waals surface area contributed by atoms with Gasteiger partial charge in [-0.3, -0.25) is 4.79 Å². The Hall–Kier alpha value is -0.550. The van der Waals surface area contributed by atoms with Crippen molar-refractivity contribution in [3.8, 4) is 0 Å². The molecule has 0 aliphatic rings. The summed E-state index contributed by atoms with van der Waals surface area (Å²) in [6, 6.07) is 3.56. The van der Waals surface area contributed by atoms with Crippen molar-refractivity contribution >= 4 is 43.5 Å². The van der Waals surface area contributed by atoms with Crippen LogP contribution in [0.2, 0.25) is 0 Å². The molecule has 5 heteroatoms. The number of hydrogen-bond donors (Lipinski definition) is 1. The number of carbonyl (C=O) groups excluding carboxylic acids is 1. The van der Waals surface area contributed by atoms with Crippen LogP contribution in [0.1, 0.15) is 5.56 Å². The number of benzene rings is 1. The van der Waals surface area contributed by atoms with Gasteiger partial charge in [0, 0.05) is 14.6 Å². The van der Waals surface area contributed by atoms with Crippen LogP contribution in [0, 0.1) is 0 Å². The second-order valence-corrected chi connectivity index (χ2v) is 4.33. The molecule has 0 fully saturated rings. The Morgan fingerprint density at radius 1 is 1.50 bits per heavy atom. The maximum Gasteiger partial charge on any atom is 0.310 e. The molecule has 0 unspecified atom stereocenters. The van der Waals surface area contributed by atoms with E-state index in [9.17, 15) is 4.79 Å². The number of nitrogen functional groups attached to an aromatic ring is 1. The molecule has 0 saturated carbocycles. The number of anilines is 1. The van der Waals surface area contributed by atoms with Crippen LogP contribution < -0.4 is 5.73 Å². The van der Waals surface area contributed by atoms with E-state index < -0.39 is 0 Å². The van der Waals surface area contributed by atoms with Gasteiger partial charge in [0.05, 0.1) is 13.5 Å². The molecular formula is C9H9Br2NO2. The Kier molecular flexibility index (Phi) is 3.95. The van der Waals surface area contributed by atoms with Gasteiger partial charge in [-0.05, 0) is 33.6 Å². The highest BCUT2D eigenvalue weighted by Crippen LogP contribution is 2.30. The van der Waals surface area contributed by atoms with E-state index >= 15 is 0 Å². The number of halogens is 2. The standard InChI is InChI=1S/C9H9Br2NO2/c1-14-8(13)4-5-6(10)2-3-7(12)9(5)11/h2-3H,4,12H2,1H3. The molecule has 2 N–H and O–H groups in total. The predicted octanol–water partition coefficient (Wildman–Crippen LogP) is 2.51. The molecule has 76 valence electrons. The molecule has 0 aromatic heterocycles. The molecule has 0 atom stereocenters. The van der Waals surface area contributed by atoms with Gasteiger partial charge < -0.3 is 10.5 Å². The van der Waals surface area contributed by atoms with Crippen molar-refractivity contribution in [2.75, 3.05) is 12.8 Å². The lowest BCUT2D eigenvalue weighted by Gasteiger charge is -2.08. The summed E-state index contributed by atoms with van der Waals surface area (Å²) in [6.07, 6.45) is 0.197. The van der Waals surface area contributed by atoms with Crippen LogP contribution >= 0.6 is 31.9 Å². The molecule has 1 aromatic rings. The third-order valence-electron chi connectivity index (χ3n) is 1.76. The van der Waals surface area contributed by atoms with Crippen molar-refractivity contribution in [2.45, 2.75) is 6.42 Å². The Morgan fingerprint density at radius 2 is 2.14 bits per heavy atom. The SMILES string of the molecule is COC(=O)Cc1c(Br)ccc(N)c1Br. The van der Waals surface area contributed by atoms with Crippen molar-refractivity contribution in [1.29, 1.82) is 0 Å². The van der Waals surface area contributed by atoms with Gasteiger partial charge >= 0.3 is 5.97 Å². The van der Waals surface area contributed by atoms with Gasteiger partial charge in [-0.1, -0.05) is 15.9 Å². The smallest absolute Gasteiger partial charge is 0.310 e. The number of rotatable bonds is 2. The molecule has 0 heterocycles. The first-order valence-corrected chi connectivity index (χ1v) is 5.44. The molecule has 0 saturated heterocycles. The topological polar surface area (TPSA) is 52.3 Å². The largest absolute Gasteiger partial charge is 0.469 e. The minimum atomic E-state index is -0.294. The predicted molar refractivity (Wildman–Crippen MR) is 62.0 cm³/mol. The molecule has 0 aliphatic heterocycles. The van der Waals surface area contributed by atoms with Crippen LogP contribution in [-0.4, -0.2) is 13.1 Å². The molecule has 1 rings (SSSR count). The van der Waals surface area contributed by atoms with Crippen LogP contribution in [-0.2, 0) is 16.0 Å². The molecule has 0 radical (unpaired) electrons. The molecule has 14 heavy (non-hydrogen) atoms.